The minimum absolute atomic E-state index is 0.177. The summed E-state index contributed by atoms with van der Waals surface area (Å²) in [6.45, 7) is 4.46. The molecular weight excluding hydrogens is 307 g/mol. The SMILES string of the molecule is CC(C)n1nnnc1CNc1ccc2c(F)cnc(Cl)c2c1. The Morgan fingerprint density at radius 3 is 2.91 bits per heavy atom. The molecule has 6 nitrogen and oxygen atoms in total. The summed E-state index contributed by atoms with van der Waals surface area (Å²) in [6, 6.07) is 5.39. The van der Waals surface area contributed by atoms with Crippen LogP contribution in [0.4, 0.5) is 10.1 Å². The van der Waals surface area contributed by atoms with Crippen molar-refractivity contribution in [3.05, 3.63) is 41.2 Å². The van der Waals surface area contributed by atoms with Crippen LogP contribution < -0.4 is 5.32 Å². The Balaban J connectivity index is 1.85. The molecule has 114 valence electrons. The Kier molecular flexibility index (Phi) is 3.89. The molecule has 0 unspecified atom stereocenters. The van der Waals surface area contributed by atoms with E-state index in [1.165, 1.54) is 0 Å². The van der Waals surface area contributed by atoms with Crippen LogP contribution in [-0.4, -0.2) is 25.2 Å². The number of halogens is 2. The molecule has 3 aromatic rings. The van der Waals surface area contributed by atoms with Crippen LogP contribution in [0.25, 0.3) is 10.8 Å². The maximum absolute atomic E-state index is 13.7. The number of hydrogen-bond donors (Lipinski definition) is 1. The van der Waals surface area contributed by atoms with E-state index in [0.717, 1.165) is 17.7 Å². The van der Waals surface area contributed by atoms with Crippen molar-refractivity contribution in [1.29, 1.82) is 0 Å². The quantitative estimate of drug-likeness (QED) is 0.748. The number of aromatic nitrogens is 5. The van der Waals surface area contributed by atoms with E-state index < -0.39 is 5.82 Å². The van der Waals surface area contributed by atoms with Crippen LogP contribution in [0, 0.1) is 5.82 Å². The Hall–Kier alpha value is -2.28. The number of rotatable bonds is 4. The first-order valence-electron chi connectivity index (χ1n) is 6.80. The number of pyridine rings is 1. The molecule has 1 N–H and O–H groups in total. The van der Waals surface area contributed by atoms with Crippen LogP contribution >= 0.6 is 11.6 Å². The number of anilines is 1. The molecule has 2 heterocycles. The number of tetrazole rings is 1. The fourth-order valence-corrected chi connectivity index (χ4v) is 2.40. The second-order valence-corrected chi connectivity index (χ2v) is 5.50. The highest BCUT2D eigenvalue weighted by molar-refractivity contribution is 6.34. The molecule has 0 radical (unpaired) electrons. The molecule has 8 heteroatoms. The first kappa shape index (κ1) is 14.6. The summed E-state index contributed by atoms with van der Waals surface area (Å²) < 4.78 is 15.4. The van der Waals surface area contributed by atoms with Crippen molar-refractivity contribution in [3.8, 4) is 0 Å². The lowest BCUT2D eigenvalue weighted by molar-refractivity contribution is 0.496. The third-order valence-corrected chi connectivity index (χ3v) is 3.59. The van der Waals surface area contributed by atoms with Gasteiger partial charge in [-0.2, -0.15) is 0 Å². The maximum atomic E-state index is 13.7. The molecule has 0 aliphatic carbocycles. The van der Waals surface area contributed by atoms with Crippen molar-refractivity contribution >= 4 is 28.1 Å². The predicted octanol–water partition coefficient (Wildman–Crippen LogP) is 3.21. The molecule has 0 bridgehead atoms. The minimum atomic E-state index is -0.394. The Bertz CT molecular complexity index is 816. The van der Waals surface area contributed by atoms with E-state index in [2.05, 4.69) is 25.8 Å². The average molecular weight is 321 g/mol. The first-order chi connectivity index (χ1) is 10.6. The summed E-state index contributed by atoms with van der Waals surface area (Å²) >= 11 is 6.03. The van der Waals surface area contributed by atoms with E-state index >= 15 is 0 Å². The molecule has 0 saturated heterocycles. The predicted molar refractivity (Wildman–Crippen MR) is 82.2 cm³/mol. The van der Waals surface area contributed by atoms with Crippen molar-refractivity contribution in [2.75, 3.05) is 5.32 Å². The molecule has 0 fully saturated rings. The van der Waals surface area contributed by atoms with Crippen LogP contribution in [0.3, 0.4) is 0 Å². The lowest BCUT2D eigenvalue weighted by atomic mass is 10.1. The molecule has 0 spiro atoms. The smallest absolute Gasteiger partial charge is 0.170 e. The van der Waals surface area contributed by atoms with Gasteiger partial charge in [-0.25, -0.2) is 14.1 Å². The molecule has 0 atom stereocenters. The number of hydrogen-bond acceptors (Lipinski definition) is 5. The Morgan fingerprint density at radius 1 is 1.32 bits per heavy atom. The second-order valence-electron chi connectivity index (χ2n) is 5.14. The van der Waals surface area contributed by atoms with Gasteiger partial charge in [0.05, 0.1) is 18.8 Å². The van der Waals surface area contributed by atoms with Crippen LogP contribution in [0.15, 0.2) is 24.4 Å². The maximum Gasteiger partial charge on any atom is 0.170 e. The van der Waals surface area contributed by atoms with Gasteiger partial charge in [0.1, 0.15) is 11.0 Å². The minimum Gasteiger partial charge on any atom is -0.378 e. The van der Waals surface area contributed by atoms with Gasteiger partial charge in [-0.05, 0) is 42.5 Å². The zero-order valence-corrected chi connectivity index (χ0v) is 12.8. The monoisotopic (exact) mass is 320 g/mol. The Morgan fingerprint density at radius 2 is 2.14 bits per heavy atom. The van der Waals surface area contributed by atoms with Crippen LogP contribution in [0.5, 0.6) is 0 Å². The van der Waals surface area contributed by atoms with Gasteiger partial charge in [0.2, 0.25) is 0 Å². The topological polar surface area (TPSA) is 68.5 Å². The Labute approximate surface area is 131 Å². The molecule has 22 heavy (non-hydrogen) atoms. The van der Waals surface area contributed by atoms with E-state index in [1.54, 1.807) is 22.9 Å². The zero-order chi connectivity index (χ0) is 15.7. The van der Waals surface area contributed by atoms with Gasteiger partial charge in [-0.15, -0.1) is 5.10 Å². The van der Waals surface area contributed by atoms with E-state index in [0.29, 0.717) is 17.3 Å². The van der Waals surface area contributed by atoms with E-state index in [4.69, 9.17) is 11.6 Å². The summed E-state index contributed by atoms with van der Waals surface area (Å²) in [6.07, 6.45) is 1.12. The van der Waals surface area contributed by atoms with Gasteiger partial charge in [0.15, 0.2) is 5.82 Å². The summed E-state index contributed by atoms with van der Waals surface area (Å²) in [5.74, 6) is 0.327. The largest absolute Gasteiger partial charge is 0.378 e. The summed E-state index contributed by atoms with van der Waals surface area (Å²) in [4.78, 5) is 3.82. The molecule has 0 amide bonds. The lowest BCUT2D eigenvalue weighted by Crippen LogP contribution is -2.12. The third-order valence-electron chi connectivity index (χ3n) is 3.29. The van der Waals surface area contributed by atoms with Crippen molar-refractivity contribution < 1.29 is 4.39 Å². The molecule has 0 aliphatic heterocycles. The highest BCUT2D eigenvalue weighted by Crippen LogP contribution is 2.26. The van der Waals surface area contributed by atoms with E-state index in [1.807, 2.05) is 13.8 Å². The van der Waals surface area contributed by atoms with Gasteiger partial charge >= 0.3 is 0 Å². The number of fused-ring (bicyclic) bond motifs is 1. The van der Waals surface area contributed by atoms with Crippen LogP contribution in [-0.2, 0) is 6.54 Å². The summed E-state index contributed by atoms with van der Waals surface area (Å²) in [5, 5.41) is 16.1. The zero-order valence-electron chi connectivity index (χ0n) is 12.1. The van der Waals surface area contributed by atoms with Crippen molar-refractivity contribution in [2.45, 2.75) is 26.4 Å². The van der Waals surface area contributed by atoms with E-state index in [-0.39, 0.29) is 11.2 Å². The number of nitrogens with zero attached hydrogens (tertiary/aromatic N) is 5. The van der Waals surface area contributed by atoms with Crippen molar-refractivity contribution in [3.63, 3.8) is 0 Å². The standard InChI is InChI=1S/C14H14ClFN6/c1-8(2)22-13(19-20-21-22)7-17-9-3-4-10-11(5-9)14(15)18-6-12(10)16/h3-6,8,17H,7H2,1-2H3. The van der Waals surface area contributed by atoms with E-state index in [9.17, 15) is 4.39 Å². The van der Waals surface area contributed by atoms with Gasteiger partial charge in [0, 0.05) is 16.5 Å². The summed E-state index contributed by atoms with van der Waals surface area (Å²) in [5.41, 5.74) is 0.792. The van der Waals surface area contributed by atoms with Gasteiger partial charge in [-0.3, -0.25) is 0 Å². The molecule has 0 aliphatic rings. The van der Waals surface area contributed by atoms with Crippen LogP contribution in [0.1, 0.15) is 25.7 Å². The average Bonchev–Trinajstić information content (AvgIpc) is 2.98. The van der Waals surface area contributed by atoms with Crippen LogP contribution in [0.2, 0.25) is 5.15 Å². The fraction of sp³-hybridized carbons (Fsp3) is 0.286. The molecule has 3 rings (SSSR count). The molecular formula is C14H14ClFN6. The van der Waals surface area contributed by atoms with Crippen molar-refractivity contribution in [2.24, 2.45) is 0 Å². The normalized spacial score (nSPS) is 11.3. The fourth-order valence-electron chi connectivity index (χ4n) is 2.20. The van der Waals surface area contributed by atoms with Crippen molar-refractivity contribution in [1.82, 2.24) is 25.2 Å². The lowest BCUT2D eigenvalue weighted by Gasteiger charge is -2.10. The van der Waals surface area contributed by atoms with Gasteiger partial charge in [-0.1, -0.05) is 11.6 Å². The number of benzene rings is 1. The molecule has 0 saturated carbocycles. The molecule has 1 aromatic carbocycles. The highest BCUT2D eigenvalue weighted by Gasteiger charge is 2.10. The number of nitrogens with one attached hydrogen (secondary N) is 1. The third kappa shape index (κ3) is 2.71. The van der Waals surface area contributed by atoms with Gasteiger partial charge < -0.3 is 5.32 Å². The summed E-state index contributed by atoms with van der Waals surface area (Å²) in [7, 11) is 0. The highest BCUT2D eigenvalue weighted by atomic mass is 35.5. The first-order valence-corrected chi connectivity index (χ1v) is 7.18. The second kappa shape index (κ2) is 5.84. The molecule has 2 aromatic heterocycles. The van der Waals surface area contributed by atoms with Gasteiger partial charge in [0.25, 0.3) is 0 Å².